The summed E-state index contributed by atoms with van der Waals surface area (Å²) in [7, 11) is 0. The smallest absolute Gasteiger partial charge is 0.375 e. The third-order valence-electron chi connectivity index (χ3n) is 4.31. The van der Waals surface area contributed by atoms with E-state index >= 15 is 0 Å². The summed E-state index contributed by atoms with van der Waals surface area (Å²) < 4.78 is 44.9. The van der Waals surface area contributed by atoms with Crippen molar-refractivity contribution in [1.29, 1.82) is 0 Å². The van der Waals surface area contributed by atoms with Crippen LogP contribution in [0.3, 0.4) is 0 Å². The maximum absolute atomic E-state index is 12.3. The van der Waals surface area contributed by atoms with Gasteiger partial charge in [0.1, 0.15) is 0 Å². The van der Waals surface area contributed by atoms with Gasteiger partial charge in [-0.3, -0.25) is 0 Å². The van der Waals surface area contributed by atoms with Crippen LogP contribution in [0.2, 0.25) is 0 Å². The summed E-state index contributed by atoms with van der Waals surface area (Å²) in [6, 6.07) is 8.42. The van der Waals surface area contributed by atoms with Crippen LogP contribution in [0.25, 0.3) is 0 Å². The molecule has 0 spiro atoms. The van der Waals surface area contributed by atoms with Crippen molar-refractivity contribution in [2.24, 2.45) is 11.3 Å². The minimum Gasteiger partial charge on any atom is -0.375 e. The van der Waals surface area contributed by atoms with Crippen molar-refractivity contribution in [2.75, 3.05) is 6.61 Å². The first-order valence-electron chi connectivity index (χ1n) is 9.38. The Bertz CT molecular complexity index is 562. The number of hydrogen-bond acceptors (Lipinski definition) is 3. The molecule has 0 amide bonds. The van der Waals surface area contributed by atoms with Crippen LogP contribution in [0.15, 0.2) is 24.3 Å². The molecule has 0 radical (unpaired) electrons. The molecule has 0 aliphatic rings. The van der Waals surface area contributed by atoms with Gasteiger partial charge in [0, 0.05) is 17.5 Å². The normalized spacial score (nSPS) is 14.6. The van der Waals surface area contributed by atoms with Crippen molar-refractivity contribution in [1.82, 2.24) is 4.72 Å². The van der Waals surface area contributed by atoms with E-state index < -0.39 is 11.0 Å². The Morgan fingerprint density at radius 1 is 1.00 bits per heavy atom. The number of alkyl halides is 3. The van der Waals surface area contributed by atoms with Crippen LogP contribution in [0, 0.1) is 11.3 Å². The highest BCUT2D eigenvalue weighted by molar-refractivity contribution is 7.98. The monoisotopic (exact) mass is 405 g/mol. The van der Waals surface area contributed by atoms with Gasteiger partial charge in [0.25, 0.3) is 0 Å². The van der Waals surface area contributed by atoms with Gasteiger partial charge >= 0.3 is 5.51 Å². The summed E-state index contributed by atoms with van der Waals surface area (Å²) in [4.78, 5) is 0. The van der Waals surface area contributed by atoms with Crippen molar-refractivity contribution in [3.63, 3.8) is 0 Å². The fourth-order valence-corrected chi connectivity index (χ4v) is 3.41. The molecule has 2 nitrogen and oxygen atoms in total. The number of hydrogen-bond donors (Lipinski definition) is 1. The third kappa shape index (κ3) is 9.86. The second-order valence-corrected chi connectivity index (χ2v) is 10.2. The van der Waals surface area contributed by atoms with Crippen molar-refractivity contribution in [3.05, 3.63) is 35.4 Å². The lowest BCUT2D eigenvalue weighted by Gasteiger charge is -2.32. The fraction of sp³-hybridized carbons (Fsp3) is 0.714. The molecule has 1 N–H and O–H groups in total. The van der Waals surface area contributed by atoms with E-state index in [-0.39, 0.29) is 24.0 Å². The maximum atomic E-state index is 12.3. The first-order chi connectivity index (χ1) is 12.2. The van der Waals surface area contributed by atoms with E-state index in [9.17, 15) is 13.2 Å². The van der Waals surface area contributed by atoms with Crippen LogP contribution in [-0.4, -0.2) is 17.7 Å². The van der Waals surface area contributed by atoms with E-state index in [4.69, 9.17) is 4.74 Å². The lowest BCUT2D eigenvalue weighted by molar-refractivity contribution is -0.0346. The van der Waals surface area contributed by atoms with Crippen LogP contribution in [0.4, 0.5) is 13.2 Å². The van der Waals surface area contributed by atoms with Gasteiger partial charge in [-0.15, -0.1) is 0 Å². The standard InChI is InChI=1S/C21H34F3NOS/c1-15(2)12-18(19(3,4)5)17-10-8-16(9-11-17)13-26-14-20(6,7)25-27-21(22,23)24/h8-11,15,18,25H,12-14H2,1-7H3. The molecule has 6 heteroatoms. The highest BCUT2D eigenvalue weighted by Crippen LogP contribution is 2.39. The summed E-state index contributed by atoms with van der Waals surface area (Å²) >= 11 is -0.231. The molecule has 1 rings (SSSR count). The molecular formula is C21H34F3NOS. The van der Waals surface area contributed by atoms with Gasteiger partial charge in [0.05, 0.1) is 13.2 Å². The van der Waals surface area contributed by atoms with Crippen LogP contribution >= 0.6 is 11.9 Å². The van der Waals surface area contributed by atoms with E-state index in [1.807, 2.05) is 0 Å². The van der Waals surface area contributed by atoms with Gasteiger partial charge in [-0.2, -0.15) is 13.2 Å². The molecule has 156 valence electrons. The zero-order valence-corrected chi connectivity index (χ0v) is 18.4. The molecule has 0 fully saturated rings. The van der Waals surface area contributed by atoms with Gasteiger partial charge in [0.2, 0.25) is 0 Å². The summed E-state index contributed by atoms with van der Waals surface area (Å²) in [6.07, 6.45) is 1.13. The molecule has 1 aromatic carbocycles. The molecule has 0 saturated carbocycles. The highest BCUT2D eigenvalue weighted by atomic mass is 32.2. The van der Waals surface area contributed by atoms with Crippen LogP contribution in [0.5, 0.6) is 0 Å². The summed E-state index contributed by atoms with van der Waals surface area (Å²) in [6.45, 7) is 15.2. The number of rotatable bonds is 9. The molecule has 27 heavy (non-hydrogen) atoms. The number of halogens is 3. The van der Waals surface area contributed by atoms with Crippen LogP contribution in [-0.2, 0) is 11.3 Å². The second-order valence-electron chi connectivity index (χ2n) is 9.32. The van der Waals surface area contributed by atoms with E-state index in [0.717, 1.165) is 12.0 Å². The van der Waals surface area contributed by atoms with Gasteiger partial charge in [-0.05, 0) is 48.6 Å². The third-order valence-corrected chi connectivity index (χ3v) is 5.20. The summed E-state index contributed by atoms with van der Waals surface area (Å²) in [5.74, 6) is 1.11. The SMILES string of the molecule is CC(C)CC(c1ccc(COCC(C)(C)NSC(F)(F)F)cc1)C(C)(C)C. The Kier molecular flexibility index (Phi) is 8.70. The highest BCUT2D eigenvalue weighted by Gasteiger charge is 2.32. The Hall–Kier alpha value is -0.720. The van der Waals surface area contributed by atoms with Gasteiger partial charge < -0.3 is 4.74 Å². The fourth-order valence-electron chi connectivity index (χ4n) is 2.96. The van der Waals surface area contributed by atoms with E-state index in [2.05, 4.69) is 63.6 Å². The molecule has 0 aromatic heterocycles. The Morgan fingerprint density at radius 3 is 2.00 bits per heavy atom. The van der Waals surface area contributed by atoms with Crippen LogP contribution < -0.4 is 4.72 Å². The quantitative estimate of drug-likeness (QED) is 0.451. The molecule has 1 unspecified atom stereocenters. The Labute approximate surface area is 166 Å². The van der Waals surface area contributed by atoms with E-state index in [1.54, 1.807) is 13.8 Å². The predicted octanol–water partition coefficient (Wildman–Crippen LogP) is 6.92. The molecule has 0 aliphatic carbocycles. The predicted molar refractivity (Wildman–Crippen MR) is 109 cm³/mol. The van der Waals surface area contributed by atoms with Gasteiger partial charge in [0.15, 0.2) is 0 Å². The van der Waals surface area contributed by atoms with Crippen molar-refractivity contribution >= 4 is 11.9 Å². The van der Waals surface area contributed by atoms with Gasteiger partial charge in [-0.25, -0.2) is 4.72 Å². The average molecular weight is 406 g/mol. The van der Waals surface area contributed by atoms with Gasteiger partial charge in [-0.1, -0.05) is 58.9 Å². The van der Waals surface area contributed by atoms with Crippen LogP contribution in [0.1, 0.15) is 71.9 Å². The number of nitrogens with one attached hydrogen (secondary N) is 1. The largest absolute Gasteiger partial charge is 0.456 e. The van der Waals surface area contributed by atoms with Crippen molar-refractivity contribution in [2.45, 2.75) is 78.5 Å². The molecule has 0 bridgehead atoms. The Morgan fingerprint density at radius 2 is 1.56 bits per heavy atom. The molecule has 0 aliphatic heterocycles. The zero-order chi connectivity index (χ0) is 20.9. The average Bonchev–Trinajstić information content (AvgIpc) is 2.50. The first-order valence-corrected chi connectivity index (χ1v) is 10.2. The van der Waals surface area contributed by atoms with Crippen molar-refractivity contribution < 1.29 is 17.9 Å². The van der Waals surface area contributed by atoms with E-state index in [0.29, 0.717) is 18.4 Å². The lowest BCUT2D eigenvalue weighted by Crippen LogP contribution is -2.40. The second kappa shape index (κ2) is 9.66. The molecule has 0 saturated heterocycles. The first kappa shape index (κ1) is 24.3. The number of ether oxygens (including phenoxy) is 1. The van der Waals surface area contributed by atoms with Crippen molar-refractivity contribution in [3.8, 4) is 0 Å². The molecule has 0 heterocycles. The summed E-state index contributed by atoms with van der Waals surface area (Å²) in [5, 5.41) is 0. The minimum absolute atomic E-state index is 0.189. The topological polar surface area (TPSA) is 21.3 Å². The molecule has 1 atom stereocenters. The summed E-state index contributed by atoms with van der Waals surface area (Å²) in [5.41, 5.74) is -2.53. The lowest BCUT2D eigenvalue weighted by atomic mass is 9.72. The maximum Gasteiger partial charge on any atom is 0.456 e. The van der Waals surface area contributed by atoms with E-state index in [1.165, 1.54) is 5.56 Å². The zero-order valence-electron chi connectivity index (χ0n) is 17.5. The molecule has 1 aromatic rings. The number of benzene rings is 1. The molecular weight excluding hydrogens is 371 g/mol. The minimum atomic E-state index is -4.30. The Balaban J connectivity index is 2.61.